The van der Waals surface area contributed by atoms with E-state index >= 15 is 0 Å². The van der Waals surface area contributed by atoms with E-state index < -0.39 is 0 Å². The second-order valence-electron chi connectivity index (χ2n) is 3.52. The first kappa shape index (κ1) is 12.1. The Bertz CT molecular complexity index is 493. The maximum absolute atomic E-state index is 5.66. The van der Waals surface area contributed by atoms with Crippen LogP contribution in [0.1, 0.15) is 12.6 Å². The van der Waals surface area contributed by atoms with Gasteiger partial charge in [-0.2, -0.15) is 0 Å². The van der Waals surface area contributed by atoms with Crippen molar-refractivity contribution in [2.45, 2.75) is 13.5 Å². The molecule has 0 saturated carbocycles. The van der Waals surface area contributed by atoms with Crippen LogP contribution < -0.4 is 10.5 Å². The fraction of sp³-hybridized carbons (Fsp3) is 0.250. The standard InChI is InChI=1S/C12H14BrN3O/c1-2-17-9-5-3-8(4-6-9)11-10(7-14)15-12(13)16-11/h3-6H,2,7,14H2,1H3,(H,15,16). The molecule has 2 aromatic rings. The van der Waals surface area contributed by atoms with E-state index in [0.29, 0.717) is 17.9 Å². The van der Waals surface area contributed by atoms with Gasteiger partial charge in [0.15, 0.2) is 4.73 Å². The van der Waals surface area contributed by atoms with Crippen LogP contribution in [0.25, 0.3) is 11.3 Å². The molecule has 1 aromatic heterocycles. The Morgan fingerprint density at radius 2 is 2.06 bits per heavy atom. The number of aromatic amines is 1. The third-order valence-corrected chi connectivity index (χ3v) is 2.77. The average Bonchev–Trinajstić information content (AvgIpc) is 2.72. The highest BCUT2D eigenvalue weighted by Gasteiger charge is 2.09. The van der Waals surface area contributed by atoms with Gasteiger partial charge in [0, 0.05) is 12.1 Å². The van der Waals surface area contributed by atoms with Crippen LogP contribution in [-0.2, 0) is 6.54 Å². The number of imidazole rings is 1. The Morgan fingerprint density at radius 3 is 2.65 bits per heavy atom. The lowest BCUT2D eigenvalue weighted by Crippen LogP contribution is -1.98. The van der Waals surface area contributed by atoms with E-state index in [1.165, 1.54) is 0 Å². The summed E-state index contributed by atoms with van der Waals surface area (Å²) in [4.78, 5) is 7.45. The van der Waals surface area contributed by atoms with E-state index in [-0.39, 0.29) is 0 Å². The molecule has 1 heterocycles. The maximum Gasteiger partial charge on any atom is 0.175 e. The normalized spacial score (nSPS) is 10.5. The number of nitrogens with zero attached hydrogens (tertiary/aromatic N) is 1. The molecule has 4 nitrogen and oxygen atoms in total. The maximum atomic E-state index is 5.66. The Morgan fingerprint density at radius 1 is 1.35 bits per heavy atom. The Labute approximate surface area is 108 Å². The van der Waals surface area contributed by atoms with Crippen molar-refractivity contribution >= 4 is 15.9 Å². The highest BCUT2D eigenvalue weighted by molar-refractivity contribution is 9.10. The summed E-state index contributed by atoms with van der Waals surface area (Å²) in [6.45, 7) is 3.06. The first-order chi connectivity index (χ1) is 8.24. The zero-order chi connectivity index (χ0) is 12.3. The van der Waals surface area contributed by atoms with Crippen molar-refractivity contribution in [3.8, 4) is 17.0 Å². The largest absolute Gasteiger partial charge is 0.494 e. The number of nitrogens with two attached hydrogens (primary N) is 1. The highest BCUT2D eigenvalue weighted by atomic mass is 79.9. The summed E-state index contributed by atoms with van der Waals surface area (Å²) in [5.41, 5.74) is 8.48. The lowest BCUT2D eigenvalue weighted by Gasteiger charge is -2.04. The van der Waals surface area contributed by atoms with Crippen LogP contribution in [0.15, 0.2) is 29.0 Å². The zero-order valence-electron chi connectivity index (χ0n) is 9.53. The van der Waals surface area contributed by atoms with Crippen LogP contribution in [0.5, 0.6) is 5.75 Å². The molecular formula is C12H14BrN3O. The smallest absolute Gasteiger partial charge is 0.175 e. The van der Waals surface area contributed by atoms with Crippen molar-refractivity contribution in [1.29, 1.82) is 0 Å². The molecule has 90 valence electrons. The Hall–Kier alpha value is -1.33. The lowest BCUT2D eigenvalue weighted by atomic mass is 10.1. The van der Waals surface area contributed by atoms with E-state index in [0.717, 1.165) is 22.7 Å². The van der Waals surface area contributed by atoms with Gasteiger partial charge in [0.25, 0.3) is 0 Å². The monoisotopic (exact) mass is 295 g/mol. The minimum atomic E-state index is 0.432. The van der Waals surface area contributed by atoms with Gasteiger partial charge in [0.1, 0.15) is 5.75 Å². The van der Waals surface area contributed by atoms with Crippen molar-refractivity contribution in [2.75, 3.05) is 6.61 Å². The molecule has 1 aromatic carbocycles. The summed E-state index contributed by atoms with van der Waals surface area (Å²) in [6.07, 6.45) is 0. The average molecular weight is 296 g/mol. The molecule has 0 aliphatic carbocycles. The molecule has 0 fully saturated rings. The van der Waals surface area contributed by atoms with Crippen LogP contribution in [0, 0.1) is 0 Å². The van der Waals surface area contributed by atoms with Gasteiger partial charge in [-0.05, 0) is 47.1 Å². The van der Waals surface area contributed by atoms with E-state index in [1.54, 1.807) is 0 Å². The summed E-state index contributed by atoms with van der Waals surface area (Å²) < 4.78 is 6.09. The number of halogens is 1. The summed E-state index contributed by atoms with van der Waals surface area (Å²) in [7, 11) is 0. The van der Waals surface area contributed by atoms with Crippen molar-refractivity contribution in [3.63, 3.8) is 0 Å². The molecule has 0 amide bonds. The third kappa shape index (κ3) is 2.68. The van der Waals surface area contributed by atoms with Crippen molar-refractivity contribution in [3.05, 3.63) is 34.7 Å². The van der Waals surface area contributed by atoms with Gasteiger partial charge in [-0.3, -0.25) is 0 Å². The van der Waals surface area contributed by atoms with Gasteiger partial charge in [-0.1, -0.05) is 0 Å². The number of aromatic nitrogens is 2. The lowest BCUT2D eigenvalue weighted by molar-refractivity contribution is 0.340. The molecule has 0 atom stereocenters. The van der Waals surface area contributed by atoms with Gasteiger partial charge in [-0.15, -0.1) is 0 Å². The number of H-pyrrole nitrogens is 1. The van der Waals surface area contributed by atoms with E-state index in [9.17, 15) is 0 Å². The van der Waals surface area contributed by atoms with Crippen LogP contribution in [-0.4, -0.2) is 16.6 Å². The molecule has 2 rings (SSSR count). The van der Waals surface area contributed by atoms with Crippen molar-refractivity contribution in [1.82, 2.24) is 9.97 Å². The molecule has 0 radical (unpaired) electrons. The molecular weight excluding hydrogens is 282 g/mol. The quantitative estimate of drug-likeness (QED) is 0.911. The number of ether oxygens (including phenoxy) is 1. The molecule has 0 saturated heterocycles. The molecule has 3 N–H and O–H groups in total. The highest BCUT2D eigenvalue weighted by Crippen LogP contribution is 2.25. The van der Waals surface area contributed by atoms with Gasteiger partial charge in [-0.25, -0.2) is 4.98 Å². The number of rotatable bonds is 4. The summed E-state index contributed by atoms with van der Waals surface area (Å²) in [5.74, 6) is 0.861. The minimum absolute atomic E-state index is 0.432. The first-order valence-electron chi connectivity index (χ1n) is 5.42. The fourth-order valence-corrected chi connectivity index (χ4v) is 2.06. The van der Waals surface area contributed by atoms with E-state index in [4.69, 9.17) is 10.5 Å². The SMILES string of the molecule is CCOc1ccc(-c2nc(Br)[nH]c2CN)cc1. The summed E-state index contributed by atoms with van der Waals surface area (Å²) in [6, 6.07) is 7.82. The van der Waals surface area contributed by atoms with Crippen molar-refractivity contribution in [2.24, 2.45) is 5.73 Å². The Balaban J connectivity index is 2.32. The molecule has 0 aliphatic rings. The predicted molar refractivity (Wildman–Crippen MR) is 70.8 cm³/mol. The van der Waals surface area contributed by atoms with Crippen molar-refractivity contribution < 1.29 is 4.74 Å². The number of nitrogens with one attached hydrogen (secondary N) is 1. The van der Waals surface area contributed by atoms with Gasteiger partial charge in [0.05, 0.1) is 18.0 Å². The van der Waals surface area contributed by atoms with Gasteiger partial charge < -0.3 is 15.5 Å². The van der Waals surface area contributed by atoms with Gasteiger partial charge in [0.2, 0.25) is 0 Å². The molecule has 0 aliphatic heterocycles. The molecule has 0 bridgehead atoms. The van der Waals surface area contributed by atoms with Gasteiger partial charge >= 0.3 is 0 Å². The van der Waals surface area contributed by atoms with E-state index in [1.807, 2.05) is 31.2 Å². The molecule has 5 heteroatoms. The van der Waals surface area contributed by atoms with Crippen LogP contribution in [0.4, 0.5) is 0 Å². The van der Waals surface area contributed by atoms with Crippen LogP contribution in [0.2, 0.25) is 0 Å². The number of hydrogen-bond acceptors (Lipinski definition) is 3. The minimum Gasteiger partial charge on any atom is -0.494 e. The number of benzene rings is 1. The second-order valence-corrected chi connectivity index (χ2v) is 4.27. The summed E-state index contributed by atoms with van der Waals surface area (Å²) >= 11 is 3.31. The zero-order valence-corrected chi connectivity index (χ0v) is 11.1. The predicted octanol–water partition coefficient (Wildman–Crippen LogP) is 2.70. The van der Waals surface area contributed by atoms with E-state index in [2.05, 4.69) is 25.9 Å². The van der Waals surface area contributed by atoms with Crippen LogP contribution in [0.3, 0.4) is 0 Å². The molecule has 0 spiro atoms. The Kier molecular flexibility index (Phi) is 3.81. The summed E-state index contributed by atoms with van der Waals surface area (Å²) in [5, 5.41) is 0. The molecule has 17 heavy (non-hydrogen) atoms. The third-order valence-electron chi connectivity index (χ3n) is 2.39. The second kappa shape index (κ2) is 5.33. The fourth-order valence-electron chi connectivity index (χ4n) is 1.64. The topological polar surface area (TPSA) is 63.9 Å². The number of hydrogen-bond donors (Lipinski definition) is 2. The molecule has 0 unspecified atom stereocenters. The first-order valence-corrected chi connectivity index (χ1v) is 6.21. The van der Waals surface area contributed by atoms with Crippen LogP contribution >= 0.6 is 15.9 Å².